The number of rotatable bonds is 7. The molecule has 1 aliphatic rings. The van der Waals surface area contributed by atoms with Crippen LogP contribution in [0.2, 0.25) is 0 Å². The number of anilines is 2. The van der Waals surface area contributed by atoms with Crippen LogP contribution in [0.25, 0.3) is 5.69 Å². The van der Waals surface area contributed by atoms with E-state index in [0.717, 1.165) is 65.1 Å². The summed E-state index contributed by atoms with van der Waals surface area (Å²) in [6, 6.07) is 20.6. The van der Waals surface area contributed by atoms with Crippen LogP contribution in [-0.2, 0) is 15.3 Å². The monoisotopic (exact) mass is 627 g/mol. The second-order valence-electron chi connectivity index (χ2n) is 13.4. The number of sulfone groups is 1. The molecule has 0 aliphatic carbocycles. The maximum Gasteiger partial charge on any atom is 0.324 e. The molecule has 238 valence electrons. The van der Waals surface area contributed by atoms with Crippen molar-refractivity contribution in [3.8, 4) is 5.69 Å². The van der Waals surface area contributed by atoms with Crippen molar-refractivity contribution in [2.75, 3.05) is 23.7 Å². The Labute approximate surface area is 267 Å². The highest BCUT2D eigenvalue weighted by Crippen LogP contribution is 2.41. The predicted molar refractivity (Wildman–Crippen MR) is 182 cm³/mol. The third-order valence-corrected chi connectivity index (χ3v) is 11.1. The number of carbonyl (C=O) groups is 1. The molecule has 1 saturated heterocycles. The maximum absolute atomic E-state index is 14.4. The molecule has 0 saturated carbocycles. The molecule has 0 spiro atoms. The van der Waals surface area contributed by atoms with Crippen molar-refractivity contribution in [2.45, 2.75) is 76.9 Å². The van der Waals surface area contributed by atoms with Gasteiger partial charge in [-0.3, -0.25) is 5.32 Å². The van der Waals surface area contributed by atoms with Crippen molar-refractivity contribution < 1.29 is 13.2 Å². The lowest BCUT2D eigenvalue weighted by Gasteiger charge is -2.32. The summed E-state index contributed by atoms with van der Waals surface area (Å²) in [5.74, 6) is 0.538. The predicted octanol–water partition coefficient (Wildman–Crippen LogP) is 7.56. The number of nitrogens with zero attached hydrogens (tertiary/aromatic N) is 2. The lowest BCUT2D eigenvalue weighted by Crippen LogP contribution is -2.34. The molecule has 5 rings (SSSR count). The minimum absolute atomic E-state index is 0.0162. The molecule has 2 amide bonds. The van der Waals surface area contributed by atoms with E-state index < -0.39 is 21.1 Å². The van der Waals surface area contributed by atoms with Crippen LogP contribution in [-0.4, -0.2) is 37.3 Å². The van der Waals surface area contributed by atoms with Crippen LogP contribution in [0.4, 0.5) is 16.3 Å². The molecule has 45 heavy (non-hydrogen) atoms. The number of aromatic nitrogens is 2. The van der Waals surface area contributed by atoms with Gasteiger partial charge >= 0.3 is 6.03 Å². The van der Waals surface area contributed by atoms with Crippen molar-refractivity contribution >= 4 is 27.4 Å². The molecule has 3 N–H and O–H groups in total. The standard InChI is InChI=1S/C36H45N5O3S/c1-23-8-14-30(15-9-23)41-32(22-31(40-41)36(5,6)7)39-35(42)38-29-12-10-27(11-13-29)34(28-16-18-37-19-17-28)45(43,44)33-25(3)20-24(2)21-26(33)4/h8-15,20-22,28,34,37H,16-19H2,1-7H3,(H2,38,39,42). The van der Waals surface area contributed by atoms with E-state index in [-0.39, 0.29) is 11.3 Å². The zero-order chi connectivity index (χ0) is 32.5. The molecule has 1 unspecified atom stereocenters. The van der Waals surface area contributed by atoms with E-state index in [4.69, 9.17) is 5.10 Å². The fraction of sp³-hybridized carbons (Fsp3) is 0.389. The molecule has 1 aliphatic heterocycles. The van der Waals surface area contributed by atoms with Crippen molar-refractivity contribution in [2.24, 2.45) is 5.92 Å². The number of amides is 2. The number of hydrogen-bond donors (Lipinski definition) is 3. The van der Waals surface area contributed by atoms with Gasteiger partial charge in [0.15, 0.2) is 9.84 Å². The summed E-state index contributed by atoms with van der Waals surface area (Å²) in [5, 5.41) is 13.4. The number of nitrogens with one attached hydrogen (secondary N) is 3. The summed E-state index contributed by atoms with van der Waals surface area (Å²) in [7, 11) is -3.69. The largest absolute Gasteiger partial charge is 0.324 e. The summed E-state index contributed by atoms with van der Waals surface area (Å²) >= 11 is 0. The summed E-state index contributed by atoms with van der Waals surface area (Å²) < 4.78 is 30.5. The molecule has 3 aromatic carbocycles. The second-order valence-corrected chi connectivity index (χ2v) is 15.4. The topological polar surface area (TPSA) is 105 Å². The molecule has 0 bridgehead atoms. The van der Waals surface area contributed by atoms with Crippen LogP contribution in [0.15, 0.2) is 71.6 Å². The van der Waals surface area contributed by atoms with Gasteiger partial charge in [0.1, 0.15) is 5.82 Å². The molecule has 9 heteroatoms. The Bertz CT molecular complexity index is 1760. The Hall–Kier alpha value is -3.95. The maximum atomic E-state index is 14.4. The van der Waals surface area contributed by atoms with E-state index in [1.54, 1.807) is 16.8 Å². The summed E-state index contributed by atoms with van der Waals surface area (Å²) in [6.45, 7) is 15.6. The van der Waals surface area contributed by atoms with Crippen molar-refractivity contribution in [3.05, 3.63) is 100 Å². The van der Waals surface area contributed by atoms with E-state index in [2.05, 4.69) is 36.7 Å². The molecule has 1 aromatic heterocycles. The number of piperidine rings is 1. The van der Waals surface area contributed by atoms with Crippen LogP contribution >= 0.6 is 0 Å². The molecule has 2 heterocycles. The fourth-order valence-electron chi connectivity index (χ4n) is 6.35. The van der Waals surface area contributed by atoms with Crippen LogP contribution < -0.4 is 16.0 Å². The summed E-state index contributed by atoms with van der Waals surface area (Å²) in [4.78, 5) is 13.7. The van der Waals surface area contributed by atoms with Gasteiger partial charge in [0, 0.05) is 17.2 Å². The van der Waals surface area contributed by atoms with Crippen LogP contribution in [0.1, 0.15) is 72.4 Å². The number of hydrogen-bond acceptors (Lipinski definition) is 5. The minimum atomic E-state index is -3.69. The molecule has 1 fully saturated rings. The van der Waals surface area contributed by atoms with Crippen molar-refractivity contribution in [3.63, 3.8) is 0 Å². The van der Waals surface area contributed by atoms with Crippen molar-refractivity contribution in [1.29, 1.82) is 0 Å². The van der Waals surface area contributed by atoms with Crippen LogP contribution in [0.5, 0.6) is 0 Å². The van der Waals surface area contributed by atoms with Crippen LogP contribution in [0, 0.1) is 33.6 Å². The lowest BCUT2D eigenvalue weighted by molar-refractivity contribution is 0.262. The molecular formula is C36H45N5O3S. The zero-order valence-electron chi connectivity index (χ0n) is 27.4. The minimum Gasteiger partial charge on any atom is -0.317 e. The Kier molecular flexibility index (Phi) is 9.23. The zero-order valence-corrected chi connectivity index (χ0v) is 28.2. The van der Waals surface area contributed by atoms with Gasteiger partial charge in [-0.15, -0.1) is 0 Å². The van der Waals surface area contributed by atoms with Gasteiger partial charge in [0.2, 0.25) is 0 Å². The highest BCUT2D eigenvalue weighted by atomic mass is 32.2. The number of aryl methyl sites for hydroxylation is 4. The van der Waals surface area contributed by atoms with Gasteiger partial charge in [0.05, 0.1) is 21.5 Å². The fourth-order valence-corrected chi connectivity index (χ4v) is 8.91. The molecule has 0 radical (unpaired) electrons. The first kappa shape index (κ1) is 32.4. The molecule has 8 nitrogen and oxygen atoms in total. The summed E-state index contributed by atoms with van der Waals surface area (Å²) in [5.41, 5.74) is 6.54. The number of carbonyl (C=O) groups excluding carboxylic acids is 1. The Morgan fingerprint density at radius 1 is 0.867 bits per heavy atom. The molecule has 4 aromatic rings. The number of urea groups is 1. The third kappa shape index (κ3) is 7.15. The van der Waals surface area contributed by atoms with Gasteiger partial charge in [-0.1, -0.05) is 68.3 Å². The van der Waals surface area contributed by atoms with E-state index in [0.29, 0.717) is 16.4 Å². The van der Waals surface area contributed by atoms with Gasteiger partial charge in [0.25, 0.3) is 0 Å². The van der Waals surface area contributed by atoms with Gasteiger partial charge in [-0.05, 0) is 100 Å². The van der Waals surface area contributed by atoms with E-state index in [1.165, 1.54) is 0 Å². The highest BCUT2D eigenvalue weighted by molar-refractivity contribution is 7.91. The van der Waals surface area contributed by atoms with Crippen LogP contribution in [0.3, 0.4) is 0 Å². The molecular weight excluding hydrogens is 582 g/mol. The molecule has 1 atom stereocenters. The first-order valence-electron chi connectivity index (χ1n) is 15.6. The average molecular weight is 628 g/mol. The van der Waals surface area contributed by atoms with Crippen molar-refractivity contribution in [1.82, 2.24) is 15.1 Å². The average Bonchev–Trinajstić information content (AvgIpc) is 3.38. The Balaban J connectivity index is 1.41. The smallest absolute Gasteiger partial charge is 0.317 e. The van der Waals surface area contributed by atoms with E-state index in [1.807, 2.05) is 82.3 Å². The normalized spacial score (nSPS) is 15.1. The second kappa shape index (κ2) is 12.8. The first-order chi connectivity index (χ1) is 21.2. The van der Waals surface area contributed by atoms with E-state index in [9.17, 15) is 13.2 Å². The van der Waals surface area contributed by atoms with Gasteiger partial charge < -0.3 is 10.6 Å². The Morgan fingerprint density at radius 3 is 2.04 bits per heavy atom. The summed E-state index contributed by atoms with van der Waals surface area (Å²) in [6.07, 6.45) is 1.56. The first-order valence-corrected chi connectivity index (χ1v) is 17.2. The van der Waals surface area contributed by atoms with Gasteiger partial charge in [-0.2, -0.15) is 5.10 Å². The quantitative estimate of drug-likeness (QED) is 0.196. The third-order valence-electron chi connectivity index (χ3n) is 8.53. The Morgan fingerprint density at radius 2 is 1.47 bits per heavy atom. The SMILES string of the molecule is Cc1ccc(-n2nc(C(C)(C)C)cc2NC(=O)Nc2ccc(C(C3CCNCC3)S(=O)(=O)c3c(C)cc(C)cc3C)cc2)cc1. The van der Waals surface area contributed by atoms with Gasteiger partial charge in [-0.25, -0.2) is 17.9 Å². The lowest BCUT2D eigenvalue weighted by atomic mass is 9.90. The number of benzene rings is 3. The highest BCUT2D eigenvalue weighted by Gasteiger charge is 2.38. The van der Waals surface area contributed by atoms with E-state index >= 15 is 0 Å².